The van der Waals surface area contributed by atoms with Crippen molar-refractivity contribution in [1.82, 2.24) is 14.5 Å². The van der Waals surface area contributed by atoms with E-state index in [2.05, 4.69) is 4.98 Å². The second-order valence-corrected chi connectivity index (χ2v) is 5.61. The third-order valence-corrected chi connectivity index (χ3v) is 4.18. The minimum absolute atomic E-state index is 0.399. The molecule has 2 aromatic heterocycles. The molecule has 2 rings (SSSR count). The molecule has 0 fully saturated rings. The minimum atomic E-state index is -1.37. The van der Waals surface area contributed by atoms with Crippen LogP contribution in [0.5, 0.6) is 0 Å². The van der Waals surface area contributed by atoms with Crippen molar-refractivity contribution >= 4 is 17.3 Å². The first-order valence-electron chi connectivity index (χ1n) is 5.84. The predicted octanol–water partition coefficient (Wildman–Crippen LogP) is 0.917. The monoisotopic (exact) mass is 295 g/mol. The standard InChI is InChI=1S/C12H13N3O4S/c1-5-9(20-7(3)13-5)6(2)15-4-8(11(17)18)10(16)14-12(15)19/h4,6H,1-3H3,(H,17,18)(H,14,16,19). The number of rotatable bonds is 3. The fourth-order valence-corrected chi connectivity index (χ4v) is 2.96. The molecule has 0 aliphatic rings. The summed E-state index contributed by atoms with van der Waals surface area (Å²) in [4.78, 5) is 41.4. The van der Waals surface area contributed by atoms with E-state index in [0.717, 1.165) is 21.8 Å². The molecule has 0 radical (unpaired) electrons. The van der Waals surface area contributed by atoms with Crippen LogP contribution in [-0.4, -0.2) is 25.6 Å². The zero-order valence-electron chi connectivity index (χ0n) is 11.1. The number of thiazole rings is 1. The Labute approximate surface area is 117 Å². The van der Waals surface area contributed by atoms with Crippen molar-refractivity contribution in [1.29, 1.82) is 0 Å². The topological polar surface area (TPSA) is 105 Å². The van der Waals surface area contributed by atoms with Gasteiger partial charge in [0.15, 0.2) is 0 Å². The van der Waals surface area contributed by atoms with Crippen LogP contribution in [0.1, 0.15) is 38.9 Å². The maximum atomic E-state index is 11.8. The number of aryl methyl sites for hydroxylation is 2. The van der Waals surface area contributed by atoms with Gasteiger partial charge in [0.2, 0.25) is 0 Å². The molecule has 0 aromatic carbocycles. The smallest absolute Gasteiger partial charge is 0.342 e. The lowest BCUT2D eigenvalue weighted by Crippen LogP contribution is -2.34. The number of aromatic amines is 1. The molecule has 8 heteroatoms. The minimum Gasteiger partial charge on any atom is -0.477 e. The Morgan fingerprint density at radius 3 is 2.60 bits per heavy atom. The van der Waals surface area contributed by atoms with Crippen LogP contribution >= 0.6 is 11.3 Å². The van der Waals surface area contributed by atoms with Crippen LogP contribution in [0.4, 0.5) is 0 Å². The van der Waals surface area contributed by atoms with Gasteiger partial charge in [0.1, 0.15) is 5.56 Å². The van der Waals surface area contributed by atoms with E-state index in [4.69, 9.17) is 5.11 Å². The normalized spacial score (nSPS) is 12.3. The number of carbonyl (C=O) groups is 1. The van der Waals surface area contributed by atoms with Gasteiger partial charge in [-0.15, -0.1) is 11.3 Å². The first-order valence-corrected chi connectivity index (χ1v) is 6.65. The van der Waals surface area contributed by atoms with Crippen LogP contribution in [-0.2, 0) is 0 Å². The molecule has 0 saturated carbocycles. The number of nitrogens with zero attached hydrogens (tertiary/aromatic N) is 2. The molecule has 0 aliphatic carbocycles. The Kier molecular flexibility index (Phi) is 3.58. The summed E-state index contributed by atoms with van der Waals surface area (Å²) in [6.07, 6.45) is 1.07. The van der Waals surface area contributed by atoms with E-state index in [1.54, 1.807) is 6.92 Å². The largest absolute Gasteiger partial charge is 0.477 e. The number of hydrogen-bond donors (Lipinski definition) is 2. The number of aromatic nitrogens is 3. The number of hydrogen-bond acceptors (Lipinski definition) is 5. The van der Waals surface area contributed by atoms with E-state index < -0.39 is 28.8 Å². The lowest BCUT2D eigenvalue weighted by atomic mass is 10.2. The highest BCUT2D eigenvalue weighted by atomic mass is 32.1. The molecule has 2 heterocycles. The molecule has 2 aromatic rings. The summed E-state index contributed by atoms with van der Waals surface area (Å²) in [5.41, 5.74) is -1.22. The van der Waals surface area contributed by atoms with Crippen LogP contribution in [0.3, 0.4) is 0 Å². The van der Waals surface area contributed by atoms with Crippen LogP contribution in [0.15, 0.2) is 15.8 Å². The summed E-state index contributed by atoms with van der Waals surface area (Å²) in [7, 11) is 0. The van der Waals surface area contributed by atoms with Gasteiger partial charge in [-0.3, -0.25) is 14.3 Å². The van der Waals surface area contributed by atoms with Crippen molar-refractivity contribution in [2.45, 2.75) is 26.8 Å². The average Bonchev–Trinajstić information content (AvgIpc) is 2.67. The van der Waals surface area contributed by atoms with E-state index in [-0.39, 0.29) is 0 Å². The lowest BCUT2D eigenvalue weighted by molar-refractivity contribution is 0.0693. The molecule has 0 aliphatic heterocycles. The number of carboxylic acids is 1. The van der Waals surface area contributed by atoms with Gasteiger partial charge in [-0.1, -0.05) is 0 Å². The van der Waals surface area contributed by atoms with Crippen LogP contribution < -0.4 is 11.2 Å². The van der Waals surface area contributed by atoms with E-state index >= 15 is 0 Å². The van der Waals surface area contributed by atoms with Crippen molar-refractivity contribution in [3.63, 3.8) is 0 Å². The predicted molar refractivity (Wildman–Crippen MR) is 73.7 cm³/mol. The Morgan fingerprint density at radius 2 is 2.10 bits per heavy atom. The highest BCUT2D eigenvalue weighted by Crippen LogP contribution is 2.26. The van der Waals surface area contributed by atoms with Crippen molar-refractivity contribution in [3.8, 4) is 0 Å². The first-order chi connectivity index (χ1) is 9.31. The van der Waals surface area contributed by atoms with Crippen molar-refractivity contribution < 1.29 is 9.90 Å². The number of aromatic carboxylic acids is 1. The third kappa shape index (κ3) is 2.42. The Hall–Kier alpha value is -2.22. The molecule has 2 N–H and O–H groups in total. The van der Waals surface area contributed by atoms with Crippen molar-refractivity contribution in [2.75, 3.05) is 0 Å². The molecule has 20 heavy (non-hydrogen) atoms. The maximum Gasteiger partial charge on any atom is 0.342 e. The Morgan fingerprint density at radius 1 is 1.45 bits per heavy atom. The van der Waals surface area contributed by atoms with Gasteiger partial charge in [0.25, 0.3) is 5.56 Å². The zero-order valence-corrected chi connectivity index (χ0v) is 11.9. The summed E-state index contributed by atoms with van der Waals surface area (Å²) in [5.74, 6) is -1.37. The van der Waals surface area contributed by atoms with Gasteiger partial charge in [-0.25, -0.2) is 14.6 Å². The third-order valence-electron chi connectivity index (χ3n) is 2.93. The second kappa shape index (κ2) is 5.04. The van der Waals surface area contributed by atoms with E-state index in [1.165, 1.54) is 15.9 Å². The average molecular weight is 295 g/mol. The number of H-pyrrole nitrogens is 1. The molecule has 0 bridgehead atoms. The summed E-state index contributed by atoms with van der Waals surface area (Å²) < 4.78 is 1.20. The van der Waals surface area contributed by atoms with Gasteiger partial charge in [-0.05, 0) is 20.8 Å². The summed E-state index contributed by atoms with van der Waals surface area (Å²) in [5, 5.41) is 9.81. The summed E-state index contributed by atoms with van der Waals surface area (Å²) in [6, 6.07) is -0.399. The zero-order chi connectivity index (χ0) is 15.0. The van der Waals surface area contributed by atoms with Gasteiger partial charge in [0.05, 0.1) is 21.6 Å². The van der Waals surface area contributed by atoms with Gasteiger partial charge < -0.3 is 5.11 Å². The molecular weight excluding hydrogens is 282 g/mol. The fourth-order valence-electron chi connectivity index (χ4n) is 1.99. The molecule has 1 unspecified atom stereocenters. The van der Waals surface area contributed by atoms with Crippen molar-refractivity contribution in [3.05, 3.63) is 48.2 Å². The van der Waals surface area contributed by atoms with E-state index in [0.29, 0.717) is 0 Å². The van der Waals surface area contributed by atoms with Crippen LogP contribution in [0.2, 0.25) is 0 Å². The van der Waals surface area contributed by atoms with Crippen molar-refractivity contribution in [2.24, 2.45) is 0 Å². The highest BCUT2D eigenvalue weighted by molar-refractivity contribution is 7.11. The van der Waals surface area contributed by atoms with Gasteiger partial charge >= 0.3 is 11.7 Å². The number of carboxylic acid groups (broad SMARTS) is 1. The molecular formula is C12H13N3O4S. The molecule has 0 saturated heterocycles. The molecule has 7 nitrogen and oxygen atoms in total. The first kappa shape index (κ1) is 14.2. The fraction of sp³-hybridized carbons (Fsp3) is 0.333. The van der Waals surface area contributed by atoms with Gasteiger partial charge in [-0.2, -0.15) is 0 Å². The summed E-state index contributed by atoms with van der Waals surface area (Å²) >= 11 is 1.43. The summed E-state index contributed by atoms with van der Waals surface area (Å²) in [6.45, 7) is 5.43. The molecule has 1 atom stereocenters. The Balaban J connectivity index is 2.60. The quantitative estimate of drug-likeness (QED) is 0.876. The number of nitrogens with one attached hydrogen (secondary N) is 1. The van der Waals surface area contributed by atoms with Crippen LogP contribution in [0, 0.1) is 13.8 Å². The van der Waals surface area contributed by atoms with Crippen LogP contribution in [0.25, 0.3) is 0 Å². The van der Waals surface area contributed by atoms with Gasteiger partial charge in [0, 0.05) is 6.20 Å². The van der Waals surface area contributed by atoms with E-state index in [9.17, 15) is 14.4 Å². The molecule has 106 valence electrons. The highest BCUT2D eigenvalue weighted by Gasteiger charge is 2.19. The second-order valence-electron chi connectivity index (χ2n) is 4.37. The maximum absolute atomic E-state index is 11.8. The Bertz CT molecular complexity index is 787. The van der Waals surface area contributed by atoms with E-state index in [1.807, 2.05) is 18.8 Å². The molecule has 0 amide bonds. The molecule has 0 spiro atoms. The SMILES string of the molecule is Cc1nc(C)c(C(C)n2cc(C(=O)O)c(=O)[nH]c2=O)s1. The lowest BCUT2D eigenvalue weighted by Gasteiger charge is -2.14.